The van der Waals surface area contributed by atoms with E-state index in [1.165, 1.54) is 12.1 Å². The van der Waals surface area contributed by atoms with Gasteiger partial charge in [0.1, 0.15) is 0 Å². The zero-order valence-corrected chi connectivity index (χ0v) is 10.3. The first-order valence-electron chi connectivity index (χ1n) is 6.44. The maximum atomic E-state index is 12.2. The SMILES string of the molecule is O=C(O)c1ccccc1C(=O)NC1CC2CCC1O2. The van der Waals surface area contributed by atoms with Crippen molar-refractivity contribution in [2.45, 2.75) is 37.5 Å². The van der Waals surface area contributed by atoms with Crippen LogP contribution >= 0.6 is 0 Å². The molecule has 0 saturated carbocycles. The molecular weight excluding hydrogens is 246 g/mol. The molecule has 2 saturated heterocycles. The first-order valence-corrected chi connectivity index (χ1v) is 6.44. The number of aromatic carboxylic acids is 1. The molecule has 3 unspecified atom stereocenters. The van der Waals surface area contributed by atoms with Crippen molar-refractivity contribution in [1.29, 1.82) is 0 Å². The van der Waals surface area contributed by atoms with E-state index in [2.05, 4.69) is 5.32 Å². The third-order valence-corrected chi connectivity index (χ3v) is 3.82. The molecule has 5 heteroatoms. The minimum absolute atomic E-state index is 0.00750. The van der Waals surface area contributed by atoms with Gasteiger partial charge in [-0.25, -0.2) is 4.79 Å². The average Bonchev–Trinajstić information content (AvgIpc) is 3.01. The van der Waals surface area contributed by atoms with Gasteiger partial charge >= 0.3 is 5.97 Å². The highest BCUT2D eigenvalue weighted by Crippen LogP contribution is 2.34. The maximum absolute atomic E-state index is 12.2. The number of carboxylic acid groups (broad SMARTS) is 1. The van der Waals surface area contributed by atoms with E-state index in [4.69, 9.17) is 9.84 Å². The number of hydrogen-bond acceptors (Lipinski definition) is 3. The van der Waals surface area contributed by atoms with Gasteiger partial charge in [0.2, 0.25) is 0 Å². The molecule has 3 rings (SSSR count). The monoisotopic (exact) mass is 261 g/mol. The summed E-state index contributed by atoms with van der Waals surface area (Å²) in [4.78, 5) is 23.3. The zero-order chi connectivity index (χ0) is 13.4. The molecule has 2 fully saturated rings. The topological polar surface area (TPSA) is 75.6 Å². The van der Waals surface area contributed by atoms with Crippen LogP contribution in [0.15, 0.2) is 24.3 Å². The third kappa shape index (κ3) is 2.21. The lowest BCUT2D eigenvalue weighted by Crippen LogP contribution is -2.41. The van der Waals surface area contributed by atoms with Crippen LogP contribution in [0.1, 0.15) is 40.0 Å². The second-order valence-corrected chi connectivity index (χ2v) is 5.04. The van der Waals surface area contributed by atoms with Crippen molar-refractivity contribution in [3.63, 3.8) is 0 Å². The van der Waals surface area contributed by atoms with E-state index < -0.39 is 5.97 Å². The van der Waals surface area contributed by atoms with Gasteiger partial charge in [0.05, 0.1) is 29.4 Å². The van der Waals surface area contributed by atoms with E-state index in [0.717, 1.165) is 19.3 Å². The Morgan fingerprint density at radius 2 is 1.95 bits per heavy atom. The minimum atomic E-state index is -1.09. The molecule has 1 aromatic carbocycles. The highest BCUT2D eigenvalue weighted by Gasteiger charge is 2.41. The predicted molar refractivity (Wildman–Crippen MR) is 67.2 cm³/mol. The lowest BCUT2D eigenvalue weighted by molar-refractivity contribution is 0.0689. The summed E-state index contributed by atoms with van der Waals surface area (Å²) < 4.78 is 5.67. The number of ether oxygens (including phenoxy) is 1. The van der Waals surface area contributed by atoms with Gasteiger partial charge in [0, 0.05) is 0 Å². The van der Waals surface area contributed by atoms with Crippen molar-refractivity contribution < 1.29 is 19.4 Å². The quantitative estimate of drug-likeness (QED) is 0.863. The zero-order valence-electron chi connectivity index (χ0n) is 10.3. The fourth-order valence-electron chi connectivity index (χ4n) is 2.90. The smallest absolute Gasteiger partial charge is 0.336 e. The number of carbonyl (C=O) groups is 2. The molecule has 100 valence electrons. The molecule has 2 heterocycles. The molecule has 1 aromatic rings. The third-order valence-electron chi connectivity index (χ3n) is 3.82. The molecule has 0 radical (unpaired) electrons. The summed E-state index contributed by atoms with van der Waals surface area (Å²) in [5, 5.41) is 12.0. The second kappa shape index (κ2) is 4.66. The first-order chi connectivity index (χ1) is 9.15. The summed E-state index contributed by atoms with van der Waals surface area (Å²) in [6.45, 7) is 0. The van der Waals surface area contributed by atoms with Gasteiger partial charge < -0.3 is 15.2 Å². The summed E-state index contributed by atoms with van der Waals surface area (Å²) in [5.41, 5.74) is 0.238. The normalized spacial score (nSPS) is 28.3. The molecule has 5 nitrogen and oxygen atoms in total. The van der Waals surface area contributed by atoms with Crippen LogP contribution in [0.4, 0.5) is 0 Å². The Labute approximate surface area is 110 Å². The van der Waals surface area contributed by atoms with Crippen molar-refractivity contribution in [1.82, 2.24) is 5.32 Å². The van der Waals surface area contributed by atoms with E-state index in [0.29, 0.717) is 0 Å². The van der Waals surface area contributed by atoms with Crippen molar-refractivity contribution in [3.05, 3.63) is 35.4 Å². The van der Waals surface area contributed by atoms with Gasteiger partial charge in [-0.05, 0) is 31.4 Å². The van der Waals surface area contributed by atoms with Crippen LogP contribution in [-0.4, -0.2) is 35.2 Å². The number of fused-ring (bicyclic) bond motifs is 2. The van der Waals surface area contributed by atoms with Crippen molar-refractivity contribution >= 4 is 11.9 Å². The van der Waals surface area contributed by atoms with Gasteiger partial charge in [-0.2, -0.15) is 0 Å². The van der Waals surface area contributed by atoms with Crippen LogP contribution in [0.25, 0.3) is 0 Å². The molecule has 1 amide bonds. The Morgan fingerprint density at radius 1 is 1.21 bits per heavy atom. The molecule has 3 atom stereocenters. The number of amides is 1. The molecule has 19 heavy (non-hydrogen) atoms. The van der Waals surface area contributed by atoms with Crippen LogP contribution in [0.5, 0.6) is 0 Å². The molecule has 0 spiro atoms. The fourth-order valence-corrected chi connectivity index (χ4v) is 2.90. The molecule has 2 aliphatic rings. The van der Waals surface area contributed by atoms with Crippen LogP contribution < -0.4 is 5.32 Å². The highest BCUT2D eigenvalue weighted by molar-refractivity contribution is 6.04. The predicted octanol–water partition coefficient (Wildman–Crippen LogP) is 1.43. The van der Waals surface area contributed by atoms with Crippen LogP contribution in [-0.2, 0) is 4.74 Å². The number of nitrogens with one attached hydrogen (secondary N) is 1. The summed E-state index contributed by atoms with van der Waals surface area (Å²) >= 11 is 0. The Balaban J connectivity index is 1.76. The van der Waals surface area contributed by atoms with Gasteiger partial charge in [-0.15, -0.1) is 0 Å². The van der Waals surface area contributed by atoms with Crippen LogP contribution in [0, 0.1) is 0 Å². The Kier molecular flexibility index (Phi) is 2.98. The minimum Gasteiger partial charge on any atom is -0.478 e. The largest absolute Gasteiger partial charge is 0.478 e. The highest BCUT2D eigenvalue weighted by atomic mass is 16.5. The summed E-state index contributed by atoms with van der Waals surface area (Å²) in [7, 11) is 0. The Bertz CT molecular complexity index is 528. The van der Waals surface area contributed by atoms with Crippen LogP contribution in [0.3, 0.4) is 0 Å². The number of carbonyl (C=O) groups excluding carboxylic acids is 1. The van der Waals surface area contributed by atoms with E-state index in [9.17, 15) is 9.59 Å². The van der Waals surface area contributed by atoms with E-state index in [-0.39, 0.29) is 35.3 Å². The molecule has 2 N–H and O–H groups in total. The second-order valence-electron chi connectivity index (χ2n) is 5.04. The molecule has 2 aliphatic heterocycles. The molecule has 2 bridgehead atoms. The van der Waals surface area contributed by atoms with Crippen LogP contribution in [0.2, 0.25) is 0 Å². The molecular formula is C14H15NO4. The molecule has 0 aromatic heterocycles. The van der Waals surface area contributed by atoms with Crippen molar-refractivity contribution in [2.75, 3.05) is 0 Å². The summed E-state index contributed by atoms with van der Waals surface area (Å²) in [6, 6.07) is 6.26. The van der Waals surface area contributed by atoms with Crippen molar-refractivity contribution in [3.8, 4) is 0 Å². The lowest BCUT2D eigenvalue weighted by atomic mass is 9.95. The summed E-state index contributed by atoms with van der Waals surface area (Å²) in [5.74, 6) is -1.42. The number of carboxylic acids is 1. The maximum Gasteiger partial charge on any atom is 0.336 e. The average molecular weight is 261 g/mol. The molecule has 0 aliphatic carbocycles. The van der Waals surface area contributed by atoms with Gasteiger partial charge in [0.25, 0.3) is 5.91 Å². The van der Waals surface area contributed by atoms with Gasteiger partial charge in [-0.3, -0.25) is 4.79 Å². The van der Waals surface area contributed by atoms with E-state index >= 15 is 0 Å². The standard InChI is InChI=1S/C14H15NO4/c16-13(9-3-1-2-4-10(9)14(17)18)15-11-7-8-5-6-12(11)19-8/h1-4,8,11-12H,5-7H2,(H,15,16)(H,17,18). The van der Waals surface area contributed by atoms with Gasteiger partial charge in [0.15, 0.2) is 0 Å². The first kappa shape index (κ1) is 12.2. The van der Waals surface area contributed by atoms with Crippen molar-refractivity contribution in [2.24, 2.45) is 0 Å². The fraction of sp³-hybridized carbons (Fsp3) is 0.429. The van der Waals surface area contributed by atoms with E-state index in [1.54, 1.807) is 12.1 Å². The number of hydrogen-bond donors (Lipinski definition) is 2. The van der Waals surface area contributed by atoms with E-state index in [1.807, 2.05) is 0 Å². The number of benzene rings is 1. The summed E-state index contributed by atoms with van der Waals surface area (Å²) in [6.07, 6.45) is 3.20. The Hall–Kier alpha value is -1.88. The van der Waals surface area contributed by atoms with Gasteiger partial charge in [-0.1, -0.05) is 12.1 Å². The Morgan fingerprint density at radius 3 is 2.53 bits per heavy atom. The lowest BCUT2D eigenvalue weighted by Gasteiger charge is -2.20. The number of rotatable bonds is 3.